The molecule has 0 aliphatic heterocycles. The topological polar surface area (TPSA) is 0 Å². The van der Waals surface area contributed by atoms with Crippen LogP contribution in [-0.2, 0) is 15.9 Å². The Morgan fingerprint density at radius 3 is 1.45 bits per heavy atom. The van der Waals surface area contributed by atoms with Crippen molar-refractivity contribution >= 4 is 32.9 Å². The van der Waals surface area contributed by atoms with Crippen molar-refractivity contribution in [3.05, 3.63) is 81.9 Å². The Hall–Kier alpha value is -0.747. The van der Waals surface area contributed by atoms with Crippen LogP contribution in [-0.4, -0.2) is 3.71 Å². The van der Waals surface area contributed by atoms with Gasteiger partial charge in [-0.25, -0.2) is 0 Å². The van der Waals surface area contributed by atoms with Crippen LogP contribution in [0, 0.1) is 11.8 Å². The van der Waals surface area contributed by atoms with Gasteiger partial charge in [0.25, 0.3) is 0 Å². The third kappa shape index (κ3) is 3.24. The molecule has 0 N–H and O–H groups in total. The van der Waals surface area contributed by atoms with Crippen LogP contribution in [0.15, 0.2) is 59.7 Å². The van der Waals surface area contributed by atoms with Gasteiger partial charge in [0, 0.05) is 0 Å². The average Bonchev–Trinajstić information content (AvgIpc) is 3.28. The quantitative estimate of drug-likeness (QED) is 0.392. The van der Waals surface area contributed by atoms with Crippen molar-refractivity contribution < 1.29 is 15.9 Å². The molecule has 3 heteroatoms. The second-order valence-electron chi connectivity index (χ2n) is 9.24. The molecular formula is C26H30Cl2Zr. The summed E-state index contributed by atoms with van der Waals surface area (Å²) in [7, 11) is 15.9. The van der Waals surface area contributed by atoms with Crippen molar-refractivity contribution in [2.75, 3.05) is 0 Å². The van der Waals surface area contributed by atoms with Crippen molar-refractivity contribution in [3.8, 4) is 0 Å². The molecule has 0 nitrogen and oxygen atoms in total. The van der Waals surface area contributed by atoms with Gasteiger partial charge in [0.05, 0.1) is 0 Å². The molecule has 2 aromatic carbocycles. The van der Waals surface area contributed by atoms with E-state index in [0.29, 0.717) is 11.8 Å². The Labute approximate surface area is 183 Å². The van der Waals surface area contributed by atoms with Crippen molar-refractivity contribution in [2.45, 2.75) is 41.9 Å². The number of benzene rings is 2. The first kappa shape index (κ1) is 21.5. The van der Waals surface area contributed by atoms with E-state index in [2.05, 4.69) is 99.0 Å². The maximum atomic E-state index is 7.96. The van der Waals surface area contributed by atoms with E-state index in [1.165, 1.54) is 33.4 Å². The molecule has 2 atom stereocenters. The van der Waals surface area contributed by atoms with E-state index in [0.717, 1.165) is 0 Å². The molecule has 2 aliphatic carbocycles. The fourth-order valence-corrected chi connectivity index (χ4v) is 23.0. The van der Waals surface area contributed by atoms with Crippen molar-refractivity contribution in [3.63, 3.8) is 0 Å². The van der Waals surface area contributed by atoms with Crippen LogP contribution in [0.4, 0.5) is 0 Å². The van der Waals surface area contributed by atoms with Crippen LogP contribution in [0.3, 0.4) is 0 Å². The summed E-state index contributed by atoms with van der Waals surface area (Å²) in [5, 5.41) is 0. The summed E-state index contributed by atoms with van der Waals surface area (Å²) in [6.45, 7) is 11.2. The van der Waals surface area contributed by atoms with Gasteiger partial charge in [-0.15, -0.1) is 0 Å². The molecule has 0 amide bonds. The van der Waals surface area contributed by atoms with Gasteiger partial charge in [-0.05, 0) is 0 Å². The number of hydrogen-bond acceptors (Lipinski definition) is 0. The van der Waals surface area contributed by atoms with E-state index in [-0.39, 0.29) is 7.25 Å². The molecule has 2 unspecified atom stereocenters. The van der Waals surface area contributed by atoms with Crippen LogP contribution in [0.25, 0.3) is 12.2 Å². The van der Waals surface area contributed by atoms with E-state index >= 15 is 0 Å². The van der Waals surface area contributed by atoms with Crippen LogP contribution in [0.5, 0.6) is 0 Å². The Morgan fingerprint density at radius 1 is 0.724 bits per heavy atom. The predicted octanol–water partition coefficient (Wildman–Crippen LogP) is 8.39. The van der Waals surface area contributed by atoms with Crippen LogP contribution < -0.4 is 0 Å². The van der Waals surface area contributed by atoms with E-state index in [1.54, 1.807) is 0 Å². The third-order valence-electron chi connectivity index (χ3n) is 6.91. The van der Waals surface area contributed by atoms with Gasteiger partial charge in [-0.1, -0.05) is 0 Å². The van der Waals surface area contributed by atoms with Gasteiger partial charge in [0.15, 0.2) is 0 Å². The van der Waals surface area contributed by atoms with E-state index < -0.39 is 15.9 Å². The van der Waals surface area contributed by atoms with Gasteiger partial charge < -0.3 is 0 Å². The first-order valence-electron chi connectivity index (χ1n) is 10.7. The number of fused-ring (bicyclic) bond motifs is 2. The molecular weight excluding hydrogens is 474 g/mol. The second kappa shape index (κ2) is 7.44. The standard InChI is InChI=1S/2C12H13.C2H4.2ClH.Zr/c2*1-9(2)12-7-10-5-3-4-6-11(10)8-12;1-2;;;/h2*3-9H,1-2H3;1H,2H3;2*1H;/q;;;;;+2/p-2. The summed E-state index contributed by atoms with van der Waals surface area (Å²) in [6, 6.07) is 17.4. The summed E-state index contributed by atoms with van der Waals surface area (Å²) in [6.07, 6.45) is 4.71. The Bertz CT molecular complexity index is 1020. The zero-order chi connectivity index (χ0) is 21.0. The second-order valence-corrected chi connectivity index (χ2v) is 30.6. The normalized spacial score (nSPS) is 21.2. The van der Waals surface area contributed by atoms with Gasteiger partial charge in [0.2, 0.25) is 0 Å². The summed E-state index contributed by atoms with van der Waals surface area (Å²) in [5.41, 5.74) is 7.99. The molecule has 0 aromatic heterocycles. The maximum absolute atomic E-state index is 7.96. The Kier molecular flexibility index (Phi) is 5.51. The van der Waals surface area contributed by atoms with Gasteiger partial charge in [-0.2, -0.15) is 0 Å². The third-order valence-corrected chi connectivity index (χ3v) is 26.0. The monoisotopic (exact) mass is 502 g/mol. The molecule has 29 heavy (non-hydrogen) atoms. The molecule has 0 bridgehead atoms. The van der Waals surface area contributed by atoms with E-state index in [4.69, 9.17) is 17.0 Å². The fourth-order valence-electron chi connectivity index (χ4n) is 5.43. The minimum atomic E-state index is -4.60. The summed E-state index contributed by atoms with van der Waals surface area (Å²) >= 11 is -4.60. The predicted molar refractivity (Wildman–Crippen MR) is 127 cm³/mol. The first-order valence-corrected chi connectivity index (χ1v) is 21.3. The Balaban J connectivity index is 2.02. The summed E-state index contributed by atoms with van der Waals surface area (Å²) < 4.78 is 2.48. The zero-order valence-corrected chi connectivity index (χ0v) is 21.9. The van der Waals surface area contributed by atoms with Crippen LogP contribution in [0.2, 0.25) is 0 Å². The molecule has 0 saturated heterocycles. The molecule has 0 fully saturated rings. The Morgan fingerprint density at radius 2 is 1.10 bits per heavy atom. The van der Waals surface area contributed by atoms with Gasteiger partial charge >= 0.3 is 184 Å². The number of allylic oxidation sites excluding steroid dienone is 2. The SMILES string of the molecule is C[CH]=[Zr]([Cl])([Cl])([CH]1C(C(C)C)=Cc2ccccc21)[CH]1C(C(C)C)=Cc2ccccc21. The van der Waals surface area contributed by atoms with Crippen LogP contribution >= 0.6 is 17.0 Å². The van der Waals surface area contributed by atoms with Gasteiger partial charge in [-0.3, -0.25) is 0 Å². The average molecular weight is 505 g/mol. The van der Waals surface area contributed by atoms with Crippen molar-refractivity contribution in [2.24, 2.45) is 11.8 Å². The molecule has 0 heterocycles. The molecule has 152 valence electrons. The van der Waals surface area contributed by atoms with Crippen LogP contribution in [0.1, 0.15) is 64.1 Å². The van der Waals surface area contributed by atoms with Crippen molar-refractivity contribution in [1.82, 2.24) is 0 Å². The van der Waals surface area contributed by atoms with E-state index in [9.17, 15) is 0 Å². The zero-order valence-electron chi connectivity index (χ0n) is 17.9. The molecule has 2 aromatic rings. The number of hydrogen-bond donors (Lipinski definition) is 0. The number of rotatable bonds is 4. The molecule has 0 radical (unpaired) electrons. The molecule has 2 aliphatic rings. The fraction of sp³-hybridized carbons (Fsp3) is 0.346. The summed E-state index contributed by atoms with van der Waals surface area (Å²) in [4.78, 5) is 0. The van der Waals surface area contributed by atoms with E-state index in [1.807, 2.05) is 0 Å². The van der Waals surface area contributed by atoms with Crippen molar-refractivity contribution in [1.29, 1.82) is 0 Å². The minimum absolute atomic E-state index is 0.110. The molecule has 0 spiro atoms. The molecule has 4 rings (SSSR count). The first-order chi connectivity index (χ1) is 13.7. The van der Waals surface area contributed by atoms with Gasteiger partial charge in [0.1, 0.15) is 0 Å². The number of halogens is 2. The summed E-state index contributed by atoms with van der Waals surface area (Å²) in [5.74, 6) is 0.807. The molecule has 0 saturated carbocycles.